The van der Waals surface area contributed by atoms with E-state index in [1.165, 1.54) is 16.7 Å². The molecule has 0 unspecified atom stereocenters. The minimum Gasteiger partial charge on any atom is -1.00 e. The monoisotopic (exact) mass is 426 g/mol. The van der Waals surface area contributed by atoms with Crippen molar-refractivity contribution in [2.75, 3.05) is 0 Å². The number of rotatable bonds is 2. The van der Waals surface area contributed by atoms with Crippen molar-refractivity contribution in [1.29, 1.82) is 0 Å². The first-order valence-corrected chi connectivity index (χ1v) is 13.2. The van der Waals surface area contributed by atoms with Crippen LogP contribution in [-0.2, 0) is 27.4 Å². The summed E-state index contributed by atoms with van der Waals surface area (Å²) in [5.74, 6) is 0. The van der Waals surface area contributed by atoms with E-state index in [9.17, 15) is 0 Å². The van der Waals surface area contributed by atoms with Gasteiger partial charge in [-0.05, 0) is 0 Å². The summed E-state index contributed by atoms with van der Waals surface area (Å²) in [7, 11) is 0. The predicted molar refractivity (Wildman–Crippen MR) is 85.5 cm³/mol. The maximum absolute atomic E-state index is 4.64. The second kappa shape index (κ2) is 4.89. The Bertz CT molecular complexity index is 788. The molecular weight excluding hydrogens is 407 g/mol. The molecule has 0 aromatic heterocycles. The number of hydrogen-bond acceptors (Lipinski definition) is 0. The summed E-state index contributed by atoms with van der Waals surface area (Å²) >= 11 is -2.05. The van der Waals surface area contributed by atoms with Crippen LogP contribution in [0, 0.1) is 0 Å². The Morgan fingerprint density at radius 2 is 1.85 bits per heavy atom. The number of fused-ring (bicyclic) bond motifs is 3. The van der Waals surface area contributed by atoms with E-state index in [2.05, 4.69) is 65.0 Å². The van der Waals surface area contributed by atoms with Crippen molar-refractivity contribution in [1.82, 2.24) is 0 Å². The van der Waals surface area contributed by atoms with E-state index < -0.39 is 21.0 Å². The van der Waals surface area contributed by atoms with Gasteiger partial charge < -0.3 is 2.85 Å². The molecule has 20 heavy (non-hydrogen) atoms. The quantitative estimate of drug-likeness (QED) is 0.545. The van der Waals surface area contributed by atoms with Gasteiger partial charge in [0.25, 0.3) is 0 Å². The maximum atomic E-state index is 4.64. The van der Waals surface area contributed by atoms with Crippen molar-refractivity contribution in [2.45, 2.75) is 12.8 Å². The third kappa shape index (κ3) is 1.88. The summed E-state index contributed by atoms with van der Waals surface area (Å²) in [6.07, 6.45) is 9.02. The zero-order chi connectivity index (χ0) is 13.5. The van der Waals surface area contributed by atoms with E-state index in [4.69, 9.17) is 0 Å². The first kappa shape index (κ1) is 12.4. The normalized spacial score (nSPS) is 14.4. The van der Waals surface area contributed by atoms with Crippen LogP contribution in [0.4, 0.5) is 0 Å². The van der Waals surface area contributed by atoms with Gasteiger partial charge in [-0.15, -0.1) is 0 Å². The van der Waals surface area contributed by atoms with Gasteiger partial charge in [-0.25, -0.2) is 0 Å². The van der Waals surface area contributed by atoms with Crippen molar-refractivity contribution in [3.63, 3.8) is 0 Å². The molecule has 0 nitrogen and oxygen atoms in total. The van der Waals surface area contributed by atoms with Gasteiger partial charge in [0, 0.05) is 0 Å². The van der Waals surface area contributed by atoms with Gasteiger partial charge in [0.15, 0.2) is 0 Å². The van der Waals surface area contributed by atoms with Crippen LogP contribution in [0.5, 0.6) is 0 Å². The average Bonchev–Trinajstić information content (AvgIpc) is 3.13. The van der Waals surface area contributed by atoms with Crippen molar-refractivity contribution in [3.8, 4) is 11.1 Å². The summed E-state index contributed by atoms with van der Waals surface area (Å²) in [5, 5.41) is 0. The molecule has 1 heteroatoms. The van der Waals surface area contributed by atoms with Crippen LogP contribution in [0.2, 0.25) is 0 Å². The molecule has 98 valence electrons. The number of hydrogen-bond donors (Lipinski definition) is 0. The zero-order valence-corrected chi connectivity index (χ0v) is 15.0. The Labute approximate surface area is 130 Å². The molecule has 2 aromatic rings. The SMILES string of the molecule is [CH2]=[Hf+2]([C]1=CC=CC1)[c]1cccc2c1Cc1ccccc1-2.[H-].[H-]. The Kier molecular flexibility index (Phi) is 3.03. The third-order valence-corrected chi connectivity index (χ3v) is 12.5. The van der Waals surface area contributed by atoms with Crippen molar-refractivity contribution < 1.29 is 23.8 Å². The molecule has 2 aliphatic rings. The fourth-order valence-corrected chi connectivity index (χ4v) is 10.1. The summed E-state index contributed by atoms with van der Waals surface area (Å²) in [4.78, 5) is 0. The third-order valence-electron chi connectivity index (χ3n) is 4.33. The van der Waals surface area contributed by atoms with E-state index in [-0.39, 0.29) is 2.85 Å². The molecule has 2 aliphatic carbocycles. The van der Waals surface area contributed by atoms with E-state index in [0.717, 1.165) is 12.8 Å². The van der Waals surface area contributed by atoms with E-state index >= 15 is 0 Å². The first-order valence-electron chi connectivity index (χ1n) is 7.10. The van der Waals surface area contributed by atoms with Gasteiger partial charge in [0.05, 0.1) is 0 Å². The minimum atomic E-state index is -2.05. The molecular formula is C19H18Hf. The molecule has 0 aliphatic heterocycles. The number of allylic oxidation sites excluding steroid dienone is 4. The van der Waals surface area contributed by atoms with Gasteiger partial charge in [-0.1, -0.05) is 0 Å². The topological polar surface area (TPSA) is 0 Å². The molecule has 0 heterocycles. The van der Waals surface area contributed by atoms with Crippen LogP contribution in [0.3, 0.4) is 0 Å². The minimum absolute atomic E-state index is 0. The fourth-order valence-electron chi connectivity index (χ4n) is 3.28. The van der Waals surface area contributed by atoms with Gasteiger partial charge in [-0.2, -0.15) is 0 Å². The molecule has 0 saturated heterocycles. The zero-order valence-electron chi connectivity index (χ0n) is 13.4. The summed E-state index contributed by atoms with van der Waals surface area (Å²) < 4.78 is 7.88. The standard InChI is InChI=1S/C13H9.C5H5.CH2.Hf.2H/c1-3-7-12-10(5-1)9-11-6-2-4-8-13(11)12;1-2-4-5-3-1;;;;/h1-5,7-8H,9H2;1-3H,4H2;1H2;;;/q;;;+2;2*-1. The molecule has 0 amide bonds. The predicted octanol–water partition coefficient (Wildman–Crippen LogP) is 4.00. The van der Waals surface area contributed by atoms with Crippen LogP contribution in [0.1, 0.15) is 20.4 Å². The maximum Gasteiger partial charge on any atom is -1.00 e. The average molecular weight is 425 g/mol. The Morgan fingerprint density at radius 3 is 2.70 bits per heavy atom. The van der Waals surface area contributed by atoms with Gasteiger partial charge in [-0.3, -0.25) is 0 Å². The van der Waals surface area contributed by atoms with Crippen molar-refractivity contribution in [3.05, 3.63) is 75.1 Å². The van der Waals surface area contributed by atoms with Gasteiger partial charge in [0.1, 0.15) is 0 Å². The second-order valence-corrected chi connectivity index (χ2v) is 13.1. The molecule has 0 saturated carbocycles. The second-order valence-electron chi connectivity index (χ2n) is 5.47. The van der Waals surface area contributed by atoms with Crippen molar-refractivity contribution in [2.24, 2.45) is 0 Å². The van der Waals surface area contributed by atoms with Crippen molar-refractivity contribution >= 4 is 7.58 Å². The van der Waals surface area contributed by atoms with Crippen LogP contribution in [-0.4, -0.2) is 4.26 Å². The molecule has 4 rings (SSSR count). The summed E-state index contributed by atoms with van der Waals surface area (Å²) in [6, 6.07) is 15.7. The Balaban J connectivity index is 0.000000882. The first-order chi connectivity index (χ1) is 9.84. The number of benzene rings is 2. The van der Waals surface area contributed by atoms with E-state index in [1.54, 1.807) is 12.2 Å². The smallest absolute Gasteiger partial charge is 1.00 e. The molecule has 0 bridgehead atoms. The van der Waals surface area contributed by atoms with Gasteiger partial charge in [0.2, 0.25) is 0 Å². The largest absolute Gasteiger partial charge is 1.00 e. The van der Waals surface area contributed by atoms with Crippen LogP contribution < -0.4 is 3.32 Å². The molecule has 0 radical (unpaired) electrons. The Hall–Kier alpha value is -1.34. The summed E-state index contributed by atoms with van der Waals surface area (Å²) in [5.41, 5.74) is 5.93. The molecule has 2 aromatic carbocycles. The van der Waals surface area contributed by atoms with Crippen LogP contribution in [0.25, 0.3) is 11.1 Å². The van der Waals surface area contributed by atoms with Crippen LogP contribution in [0.15, 0.2) is 64.0 Å². The molecule has 0 atom stereocenters. The molecule has 0 N–H and O–H groups in total. The van der Waals surface area contributed by atoms with Crippen LogP contribution >= 0.6 is 0 Å². The Morgan fingerprint density at radius 1 is 1.00 bits per heavy atom. The molecule has 0 spiro atoms. The molecule has 0 fully saturated rings. The van der Waals surface area contributed by atoms with E-state index in [0.29, 0.717) is 0 Å². The van der Waals surface area contributed by atoms with E-state index in [1.807, 2.05) is 0 Å². The summed E-state index contributed by atoms with van der Waals surface area (Å²) in [6.45, 7) is 0. The van der Waals surface area contributed by atoms with Gasteiger partial charge >= 0.3 is 128 Å². The fraction of sp³-hybridized carbons (Fsp3) is 0.105.